The lowest BCUT2D eigenvalue weighted by molar-refractivity contribution is -0.116. The molecular formula is C15H20N2O5S. The van der Waals surface area contributed by atoms with Crippen molar-refractivity contribution in [3.05, 3.63) is 18.2 Å². The van der Waals surface area contributed by atoms with Crippen molar-refractivity contribution in [3.63, 3.8) is 0 Å². The summed E-state index contributed by atoms with van der Waals surface area (Å²) >= 11 is 0. The van der Waals surface area contributed by atoms with Crippen LogP contribution in [0.4, 0.5) is 5.69 Å². The molecule has 1 aromatic rings. The topological polar surface area (TPSA) is 84.9 Å². The van der Waals surface area contributed by atoms with Gasteiger partial charge in [-0.15, -0.1) is 0 Å². The van der Waals surface area contributed by atoms with E-state index in [2.05, 4.69) is 5.32 Å². The monoisotopic (exact) mass is 340 g/mol. The van der Waals surface area contributed by atoms with Crippen molar-refractivity contribution in [1.29, 1.82) is 0 Å². The van der Waals surface area contributed by atoms with Gasteiger partial charge in [0, 0.05) is 31.3 Å². The van der Waals surface area contributed by atoms with Crippen LogP contribution in [-0.4, -0.2) is 50.7 Å². The smallest absolute Gasteiger partial charge is 0.225 e. The first-order valence-electron chi connectivity index (χ1n) is 7.72. The van der Waals surface area contributed by atoms with Crippen LogP contribution in [0.5, 0.6) is 11.5 Å². The molecule has 0 aliphatic carbocycles. The number of sulfonamides is 1. The van der Waals surface area contributed by atoms with E-state index < -0.39 is 10.0 Å². The number of hydrogen-bond donors (Lipinski definition) is 1. The maximum absolute atomic E-state index is 12.0. The second-order valence-corrected chi connectivity index (χ2v) is 7.67. The zero-order valence-corrected chi connectivity index (χ0v) is 13.6. The number of hydrogen-bond acceptors (Lipinski definition) is 5. The van der Waals surface area contributed by atoms with E-state index in [1.165, 1.54) is 4.31 Å². The van der Waals surface area contributed by atoms with E-state index in [9.17, 15) is 13.2 Å². The Morgan fingerprint density at radius 3 is 2.74 bits per heavy atom. The van der Waals surface area contributed by atoms with Gasteiger partial charge in [0.05, 0.1) is 5.75 Å². The minimum atomic E-state index is -3.19. The zero-order valence-electron chi connectivity index (χ0n) is 12.8. The normalized spacial score (nSPS) is 20.0. The number of nitrogens with one attached hydrogen (secondary N) is 1. The predicted octanol–water partition coefficient (Wildman–Crippen LogP) is 1.21. The van der Waals surface area contributed by atoms with Crippen LogP contribution in [-0.2, 0) is 14.8 Å². The minimum absolute atomic E-state index is 0.133. The highest BCUT2D eigenvalue weighted by Gasteiger charge is 2.25. The Labute approximate surface area is 135 Å². The van der Waals surface area contributed by atoms with E-state index in [0.29, 0.717) is 43.4 Å². The summed E-state index contributed by atoms with van der Waals surface area (Å²) < 4.78 is 36.0. The van der Waals surface area contributed by atoms with Crippen molar-refractivity contribution in [2.45, 2.75) is 19.3 Å². The van der Waals surface area contributed by atoms with Crippen molar-refractivity contribution < 1.29 is 22.7 Å². The van der Waals surface area contributed by atoms with E-state index in [-0.39, 0.29) is 24.6 Å². The first kappa shape index (κ1) is 16.1. The Balaban J connectivity index is 1.55. The van der Waals surface area contributed by atoms with Gasteiger partial charge in [-0.3, -0.25) is 4.79 Å². The summed E-state index contributed by atoms with van der Waals surface area (Å²) in [5.74, 6) is 1.22. The molecule has 1 amide bonds. The number of ether oxygens (including phenoxy) is 2. The van der Waals surface area contributed by atoms with Crippen LogP contribution >= 0.6 is 0 Å². The van der Waals surface area contributed by atoms with E-state index in [0.717, 1.165) is 6.42 Å². The molecule has 1 aromatic carbocycles. The highest BCUT2D eigenvalue weighted by atomic mass is 32.2. The summed E-state index contributed by atoms with van der Waals surface area (Å²) in [6, 6.07) is 5.20. The van der Waals surface area contributed by atoms with Gasteiger partial charge in [-0.05, 0) is 25.0 Å². The number of amides is 1. The van der Waals surface area contributed by atoms with Crippen LogP contribution in [0.3, 0.4) is 0 Å². The van der Waals surface area contributed by atoms with Gasteiger partial charge in [-0.2, -0.15) is 0 Å². The Bertz CT molecular complexity index is 689. The zero-order chi connectivity index (χ0) is 16.3. The van der Waals surface area contributed by atoms with Gasteiger partial charge >= 0.3 is 0 Å². The maximum atomic E-state index is 12.0. The molecule has 0 aromatic heterocycles. The number of anilines is 1. The molecule has 126 valence electrons. The highest BCUT2D eigenvalue weighted by molar-refractivity contribution is 7.89. The number of rotatable bonds is 4. The summed E-state index contributed by atoms with van der Waals surface area (Å²) in [6.45, 7) is 1.72. The average molecular weight is 340 g/mol. The Hall–Kier alpha value is -1.80. The van der Waals surface area contributed by atoms with Crippen LogP contribution < -0.4 is 14.8 Å². The molecule has 0 saturated carbocycles. The summed E-state index contributed by atoms with van der Waals surface area (Å²) in [5, 5.41) is 2.76. The van der Waals surface area contributed by atoms with Gasteiger partial charge in [0.2, 0.25) is 15.9 Å². The van der Waals surface area contributed by atoms with Gasteiger partial charge in [-0.25, -0.2) is 12.7 Å². The predicted molar refractivity (Wildman–Crippen MR) is 85.3 cm³/mol. The van der Waals surface area contributed by atoms with Gasteiger partial charge in [0.25, 0.3) is 0 Å². The quantitative estimate of drug-likeness (QED) is 0.890. The fourth-order valence-corrected chi connectivity index (χ4v) is 4.27. The molecule has 2 aliphatic heterocycles. The molecule has 1 fully saturated rings. The molecule has 8 heteroatoms. The Morgan fingerprint density at radius 1 is 1.17 bits per heavy atom. The van der Waals surface area contributed by atoms with Crippen LogP contribution in [0.25, 0.3) is 0 Å². The maximum Gasteiger partial charge on any atom is 0.225 e. The molecule has 0 spiro atoms. The summed E-state index contributed by atoms with van der Waals surface area (Å²) in [5.41, 5.74) is 0.612. The van der Waals surface area contributed by atoms with Crippen molar-refractivity contribution in [3.8, 4) is 11.5 Å². The third kappa shape index (κ3) is 3.94. The summed E-state index contributed by atoms with van der Waals surface area (Å²) in [7, 11) is -3.19. The van der Waals surface area contributed by atoms with Crippen molar-refractivity contribution >= 4 is 21.6 Å². The summed E-state index contributed by atoms with van der Waals surface area (Å²) in [4.78, 5) is 12.0. The number of carbonyl (C=O) groups is 1. The van der Waals surface area contributed by atoms with Gasteiger partial charge in [0.15, 0.2) is 11.5 Å². The van der Waals surface area contributed by atoms with E-state index in [4.69, 9.17) is 9.47 Å². The SMILES string of the molecule is O=C(CCN1CCCCS1(=O)=O)Nc1ccc2c(c1)OCCO2. The molecule has 2 aliphatic rings. The first-order valence-corrected chi connectivity index (χ1v) is 9.33. The van der Waals surface area contributed by atoms with Crippen molar-refractivity contribution in [1.82, 2.24) is 4.31 Å². The lowest BCUT2D eigenvalue weighted by atomic mass is 10.2. The third-order valence-electron chi connectivity index (χ3n) is 3.87. The number of benzene rings is 1. The standard InChI is InChI=1S/C15H20N2O5S/c18-15(5-7-17-6-1-2-10-23(17,19)20)16-12-3-4-13-14(11-12)22-9-8-21-13/h3-4,11H,1-2,5-10H2,(H,16,18). The minimum Gasteiger partial charge on any atom is -0.486 e. The Morgan fingerprint density at radius 2 is 1.96 bits per heavy atom. The fourth-order valence-electron chi connectivity index (χ4n) is 2.66. The number of fused-ring (bicyclic) bond motifs is 1. The number of carbonyl (C=O) groups excluding carboxylic acids is 1. The second kappa shape index (κ2) is 6.76. The van der Waals surface area contributed by atoms with Gasteiger partial charge in [0.1, 0.15) is 13.2 Å². The van der Waals surface area contributed by atoms with E-state index >= 15 is 0 Å². The van der Waals surface area contributed by atoms with Gasteiger partial charge in [-0.1, -0.05) is 0 Å². The molecule has 0 radical (unpaired) electrons. The van der Waals surface area contributed by atoms with Crippen LogP contribution in [0, 0.1) is 0 Å². The van der Waals surface area contributed by atoms with E-state index in [1.54, 1.807) is 18.2 Å². The molecule has 1 saturated heterocycles. The third-order valence-corrected chi connectivity index (χ3v) is 5.82. The first-order chi connectivity index (χ1) is 11.0. The highest BCUT2D eigenvalue weighted by Crippen LogP contribution is 2.32. The molecule has 7 nitrogen and oxygen atoms in total. The van der Waals surface area contributed by atoms with E-state index in [1.807, 2.05) is 0 Å². The molecule has 3 rings (SSSR count). The molecule has 0 bridgehead atoms. The van der Waals surface area contributed by atoms with Crippen molar-refractivity contribution in [2.24, 2.45) is 0 Å². The molecular weight excluding hydrogens is 320 g/mol. The molecule has 23 heavy (non-hydrogen) atoms. The van der Waals surface area contributed by atoms with Crippen LogP contribution in [0.1, 0.15) is 19.3 Å². The Kier molecular flexibility index (Phi) is 4.72. The van der Waals surface area contributed by atoms with Crippen LogP contribution in [0.15, 0.2) is 18.2 Å². The lowest BCUT2D eigenvalue weighted by Gasteiger charge is -2.25. The molecule has 0 atom stereocenters. The van der Waals surface area contributed by atoms with Gasteiger partial charge < -0.3 is 14.8 Å². The van der Waals surface area contributed by atoms with Crippen molar-refractivity contribution in [2.75, 3.05) is 37.4 Å². The fraction of sp³-hybridized carbons (Fsp3) is 0.533. The number of nitrogens with zero attached hydrogens (tertiary/aromatic N) is 1. The van der Waals surface area contributed by atoms with Crippen LogP contribution in [0.2, 0.25) is 0 Å². The summed E-state index contributed by atoms with van der Waals surface area (Å²) in [6.07, 6.45) is 1.68. The lowest BCUT2D eigenvalue weighted by Crippen LogP contribution is -2.39. The second-order valence-electron chi connectivity index (χ2n) is 5.58. The molecule has 2 heterocycles. The largest absolute Gasteiger partial charge is 0.486 e. The average Bonchev–Trinajstić information content (AvgIpc) is 2.53. The molecule has 1 N–H and O–H groups in total. The molecule has 0 unspecified atom stereocenters.